The maximum atomic E-state index is 13.2. The first-order chi connectivity index (χ1) is 9.90. The van der Waals surface area contributed by atoms with Gasteiger partial charge in [0.1, 0.15) is 11.0 Å². The van der Waals surface area contributed by atoms with E-state index >= 15 is 0 Å². The monoisotopic (exact) mass is 315 g/mol. The van der Waals surface area contributed by atoms with Gasteiger partial charge >= 0.3 is 0 Å². The van der Waals surface area contributed by atoms with Crippen LogP contribution in [0, 0.1) is 11.7 Å². The fourth-order valence-corrected chi connectivity index (χ4v) is 2.67. The van der Waals surface area contributed by atoms with Crippen molar-refractivity contribution >= 4 is 17.5 Å². The van der Waals surface area contributed by atoms with Gasteiger partial charge in [-0.25, -0.2) is 9.37 Å². The maximum Gasteiger partial charge on any atom is 0.254 e. The Balaban J connectivity index is 2.75. The van der Waals surface area contributed by atoms with E-state index in [1.54, 1.807) is 0 Å². The maximum absolute atomic E-state index is 13.2. The minimum Gasteiger partial charge on any atom is -0.350 e. The molecule has 0 bridgehead atoms. The van der Waals surface area contributed by atoms with E-state index in [1.165, 1.54) is 0 Å². The number of pyridine rings is 1. The lowest BCUT2D eigenvalue weighted by Gasteiger charge is -2.31. The molecule has 21 heavy (non-hydrogen) atoms. The molecule has 0 saturated heterocycles. The highest BCUT2D eigenvalue weighted by molar-refractivity contribution is 6.32. The summed E-state index contributed by atoms with van der Waals surface area (Å²) in [7, 11) is 3.98. The number of halogens is 2. The van der Waals surface area contributed by atoms with Gasteiger partial charge in [-0.1, -0.05) is 38.3 Å². The van der Waals surface area contributed by atoms with Gasteiger partial charge < -0.3 is 10.2 Å². The Morgan fingerprint density at radius 1 is 1.43 bits per heavy atom. The number of amides is 1. The molecule has 0 aliphatic rings. The third-order valence-electron chi connectivity index (χ3n) is 3.78. The molecule has 0 saturated carbocycles. The zero-order chi connectivity index (χ0) is 16.0. The van der Waals surface area contributed by atoms with Gasteiger partial charge in [0.25, 0.3) is 5.91 Å². The summed E-state index contributed by atoms with van der Waals surface area (Å²) in [5, 5.41) is 2.84. The van der Waals surface area contributed by atoms with Gasteiger partial charge in [-0.2, -0.15) is 0 Å². The van der Waals surface area contributed by atoms with Crippen LogP contribution < -0.4 is 5.32 Å². The Bertz CT molecular complexity index is 478. The van der Waals surface area contributed by atoms with Crippen LogP contribution in [0.4, 0.5) is 4.39 Å². The van der Waals surface area contributed by atoms with Crippen molar-refractivity contribution in [2.45, 2.75) is 32.7 Å². The Labute approximate surface area is 130 Å². The van der Waals surface area contributed by atoms with Gasteiger partial charge in [0.05, 0.1) is 11.8 Å². The highest BCUT2D eigenvalue weighted by Gasteiger charge is 2.22. The zero-order valence-electron chi connectivity index (χ0n) is 13.0. The van der Waals surface area contributed by atoms with Crippen molar-refractivity contribution in [3.05, 3.63) is 28.8 Å². The fourth-order valence-electron chi connectivity index (χ4n) is 2.48. The molecule has 1 rings (SSSR count). The second-order valence-corrected chi connectivity index (χ2v) is 5.67. The van der Waals surface area contributed by atoms with Gasteiger partial charge in [0, 0.05) is 12.6 Å². The standard InChI is InChI=1S/C15H23ClFN3O/c1-5-10(6-2)13(20(3)4)9-19-15(21)12-7-11(17)8-18-14(12)16/h7-8,10,13H,5-6,9H2,1-4H3,(H,19,21). The minimum absolute atomic E-state index is 0.0119. The topological polar surface area (TPSA) is 45.2 Å². The molecule has 1 aromatic rings. The molecule has 4 nitrogen and oxygen atoms in total. The van der Waals surface area contributed by atoms with Gasteiger partial charge in [-0.15, -0.1) is 0 Å². The molecule has 0 aliphatic heterocycles. The van der Waals surface area contributed by atoms with Gasteiger partial charge in [0.2, 0.25) is 0 Å². The van der Waals surface area contributed by atoms with Crippen LogP contribution in [0.5, 0.6) is 0 Å². The minimum atomic E-state index is -0.575. The average Bonchev–Trinajstić information content (AvgIpc) is 2.45. The number of likely N-dealkylation sites (N-methyl/N-ethyl adjacent to an activating group) is 1. The molecule has 1 heterocycles. The molecule has 0 aromatic carbocycles. The molecular weight excluding hydrogens is 293 g/mol. The van der Waals surface area contributed by atoms with Crippen LogP contribution in [0.3, 0.4) is 0 Å². The highest BCUT2D eigenvalue weighted by Crippen LogP contribution is 2.17. The summed E-state index contributed by atoms with van der Waals surface area (Å²) in [6.45, 7) is 4.77. The third-order valence-corrected chi connectivity index (χ3v) is 4.08. The van der Waals surface area contributed by atoms with E-state index in [9.17, 15) is 9.18 Å². The van der Waals surface area contributed by atoms with Crippen molar-refractivity contribution in [1.82, 2.24) is 15.2 Å². The zero-order valence-corrected chi connectivity index (χ0v) is 13.7. The van der Waals surface area contributed by atoms with Gasteiger partial charge in [0.15, 0.2) is 0 Å². The van der Waals surface area contributed by atoms with Gasteiger partial charge in [-0.05, 0) is 26.1 Å². The molecular formula is C15H23ClFN3O. The van der Waals surface area contributed by atoms with Crippen molar-refractivity contribution in [2.24, 2.45) is 5.92 Å². The fraction of sp³-hybridized carbons (Fsp3) is 0.600. The molecule has 6 heteroatoms. The predicted molar refractivity (Wildman–Crippen MR) is 83.1 cm³/mol. The molecule has 0 spiro atoms. The molecule has 1 unspecified atom stereocenters. The van der Waals surface area contributed by atoms with Crippen molar-refractivity contribution in [1.29, 1.82) is 0 Å². The number of nitrogens with zero attached hydrogens (tertiary/aromatic N) is 2. The second kappa shape index (κ2) is 8.29. The summed E-state index contributed by atoms with van der Waals surface area (Å²) in [6.07, 6.45) is 3.07. The van der Waals surface area contributed by atoms with Crippen molar-refractivity contribution in [3.8, 4) is 0 Å². The lowest BCUT2D eigenvalue weighted by Crippen LogP contribution is -2.44. The number of hydrogen-bond donors (Lipinski definition) is 1. The quantitative estimate of drug-likeness (QED) is 0.787. The first kappa shape index (κ1) is 17.9. The van der Waals surface area contributed by atoms with E-state index in [4.69, 9.17) is 11.6 Å². The van der Waals surface area contributed by atoms with E-state index in [0.29, 0.717) is 12.5 Å². The molecule has 0 aliphatic carbocycles. The molecule has 1 atom stereocenters. The number of carbonyl (C=O) groups excluding carboxylic acids is 1. The van der Waals surface area contributed by atoms with Crippen molar-refractivity contribution < 1.29 is 9.18 Å². The van der Waals surface area contributed by atoms with Crippen molar-refractivity contribution in [3.63, 3.8) is 0 Å². The number of carbonyl (C=O) groups is 1. The Hall–Kier alpha value is -1.20. The molecule has 0 radical (unpaired) electrons. The third kappa shape index (κ3) is 4.93. The lowest BCUT2D eigenvalue weighted by molar-refractivity contribution is 0.0928. The van der Waals surface area contributed by atoms with Crippen LogP contribution in [0.2, 0.25) is 5.15 Å². The predicted octanol–water partition coefficient (Wildman–Crippen LogP) is 2.97. The second-order valence-electron chi connectivity index (χ2n) is 5.31. The molecule has 118 valence electrons. The first-order valence-corrected chi connectivity index (χ1v) is 7.54. The first-order valence-electron chi connectivity index (χ1n) is 7.16. The summed E-state index contributed by atoms with van der Waals surface area (Å²) in [5.41, 5.74) is 0.0683. The number of nitrogens with one attached hydrogen (secondary N) is 1. The Morgan fingerprint density at radius 2 is 2.05 bits per heavy atom. The summed E-state index contributed by atoms with van der Waals surface area (Å²) < 4.78 is 13.2. The smallest absolute Gasteiger partial charge is 0.254 e. The van der Waals surface area contributed by atoms with Crippen molar-refractivity contribution in [2.75, 3.05) is 20.6 Å². The molecule has 1 aromatic heterocycles. The Kier molecular flexibility index (Phi) is 7.05. The summed E-state index contributed by atoms with van der Waals surface area (Å²) in [5.74, 6) is -0.486. The molecule has 0 fully saturated rings. The average molecular weight is 316 g/mol. The lowest BCUT2D eigenvalue weighted by atomic mass is 9.93. The van der Waals surface area contributed by atoms with E-state index in [0.717, 1.165) is 25.1 Å². The van der Waals surface area contributed by atoms with Crippen LogP contribution in [0.25, 0.3) is 0 Å². The summed E-state index contributed by atoms with van der Waals surface area (Å²) in [6, 6.07) is 1.33. The van der Waals surface area contributed by atoms with Crippen LogP contribution in [0.1, 0.15) is 37.0 Å². The summed E-state index contributed by atoms with van der Waals surface area (Å²) >= 11 is 5.84. The van der Waals surface area contributed by atoms with Crippen LogP contribution in [-0.2, 0) is 0 Å². The van der Waals surface area contributed by atoms with E-state index in [1.807, 2.05) is 14.1 Å². The number of rotatable bonds is 7. The van der Waals surface area contributed by atoms with Crippen LogP contribution in [-0.4, -0.2) is 42.5 Å². The van der Waals surface area contributed by atoms with Crippen LogP contribution >= 0.6 is 11.6 Å². The van der Waals surface area contributed by atoms with Crippen LogP contribution in [0.15, 0.2) is 12.3 Å². The largest absolute Gasteiger partial charge is 0.350 e. The number of aromatic nitrogens is 1. The van der Waals surface area contributed by atoms with E-state index in [2.05, 4.69) is 29.0 Å². The van der Waals surface area contributed by atoms with E-state index < -0.39 is 11.7 Å². The normalized spacial score (nSPS) is 12.8. The SMILES string of the molecule is CCC(CC)C(CNC(=O)c1cc(F)cnc1Cl)N(C)C. The summed E-state index contributed by atoms with van der Waals surface area (Å²) in [4.78, 5) is 17.9. The highest BCUT2D eigenvalue weighted by atomic mass is 35.5. The van der Waals surface area contributed by atoms with E-state index in [-0.39, 0.29) is 16.8 Å². The molecule has 1 amide bonds. The van der Waals surface area contributed by atoms with Gasteiger partial charge in [-0.3, -0.25) is 4.79 Å². The Morgan fingerprint density at radius 3 is 2.57 bits per heavy atom. The number of hydrogen-bond acceptors (Lipinski definition) is 3. The molecule has 1 N–H and O–H groups in total.